The maximum absolute atomic E-state index is 13.4. The number of carbonyl (C=O) groups excluding carboxylic acids is 1. The predicted molar refractivity (Wildman–Crippen MR) is 117 cm³/mol. The van der Waals surface area contributed by atoms with Crippen LogP contribution in [0.1, 0.15) is 43.7 Å². The summed E-state index contributed by atoms with van der Waals surface area (Å²) < 4.78 is 25.2. The van der Waals surface area contributed by atoms with Crippen molar-refractivity contribution in [3.63, 3.8) is 0 Å². The van der Waals surface area contributed by atoms with Gasteiger partial charge >= 0.3 is 0 Å². The number of likely N-dealkylation sites (tertiary alicyclic amines) is 1. The molecule has 6 heteroatoms. The smallest absolute Gasteiger partial charge is 0.217 e. The van der Waals surface area contributed by atoms with Crippen molar-refractivity contribution < 1.29 is 18.7 Å². The van der Waals surface area contributed by atoms with Crippen molar-refractivity contribution in [2.75, 3.05) is 26.3 Å². The fraction of sp³-hybridized carbons (Fsp3) is 0.480. The van der Waals surface area contributed by atoms with E-state index in [4.69, 9.17) is 9.47 Å². The van der Waals surface area contributed by atoms with Gasteiger partial charge in [-0.2, -0.15) is 0 Å². The first-order valence-corrected chi connectivity index (χ1v) is 11.1. The minimum absolute atomic E-state index is 0.0642. The highest BCUT2D eigenvalue weighted by Gasteiger charge is 2.37. The Bertz CT molecular complexity index is 873. The maximum atomic E-state index is 13.4. The molecule has 0 spiro atoms. The molecule has 2 saturated heterocycles. The third-order valence-electron chi connectivity index (χ3n) is 6.34. The molecule has 166 valence electrons. The molecule has 2 aliphatic heterocycles. The van der Waals surface area contributed by atoms with Gasteiger partial charge in [0.2, 0.25) is 5.91 Å². The SMILES string of the molecule is CC(=O)NC1(c2ccc(F)cc2)CCN(Cc2ccccc2OC[C@@H]2CCCO2)CC1. The Hall–Kier alpha value is -2.44. The zero-order valence-corrected chi connectivity index (χ0v) is 18.1. The van der Waals surface area contributed by atoms with E-state index in [1.165, 1.54) is 12.1 Å². The molecule has 0 radical (unpaired) electrons. The van der Waals surface area contributed by atoms with Crippen LogP contribution < -0.4 is 10.1 Å². The van der Waals surface area contributed by atoms with Gasteiger partial charge in [0.15, 0.2) is 0 Å². The molecular formula is C25H31FN2O3. The van der Waals surface area contributed by atoms with Gasteiger partial charge < -0.3 is 14.8 Å². The van der Waals surface area contributed by atoms with Crippen LogP contribution in [0.15, 0.2) is 48.5 Å². The number of hydrogen-bond acceptors (Lipinski definition) is 4. The summed E-state index contributed by atoms with van der Waals surface area (Å²) in [5.41, 5.74) is 1.67. The van der Waals surface area contributed by atoms with Crippen LogP contribution in [0.5, 0.6) is 5.75 Å². The number of benzene rings is 2. The van der Waals surface area contributed by atoms with Crippen LogP contribution in [-0.2, 0) is 21.6 Å². The normalized spacial score (nSPS) is 21.0. The summed E-state index contributed by atoms with van der Waals surface area (Å²) in [6, 6.07) is 14.7. The van der Waals surface area contributed by atoms with E-state index in [9.17, 15) is 9.18 Å². The van der Waals surface area contributed by atoms with E-state index in [2.05, 4.69) is 16.3 Å². The van der Waals surface area contributed by atoms with Crippen molar-refractivity contribution in [2.24, 2.45) is 0 Å². The lowest BCUT2D eigenvalue weighted by molar-refractivity contribution is -0.121. The molecule has 31 heavy (non-hydrogen) atoms. The highest BCUT2D eigenvalue weighted by molar-refractivity contribution is 5.74. The zero-order valence-electron chi connectivity index (χ0n) is 18.1. The number of nitrogens with zero attached hydrogens (tertiary/aromatic N) is 1. The number of nitrogens with one attached hydrogen (secondary N) is 1. The minimum Gasteiger partial charge on any atom is -0.491 e. The fourth-order valence-corrected chi connectivity index (χ4v) is 4.66. The van der Waals surface area contributed by atoms with Crippen molar-refractivity contribution in [2.45, 2.75) is 50.8 Å². The molecule has 2 aliphatic rings. The van der Waals surface area contributed by atoms with Crippen LogP contribution in [-0.4, -0.2) is 43.2 Å². The fourth-order valence-electron chi connectivity index (χ4n) is 4.66. The van der Waals surface area contributed by atoms with E-state index in [-0.39, 0.29) is 17.8 Å². The molecule has 4 rings (SSSR count). The summed E-state index contributed by atoms with van der Waals surface area (Å²) in [4.78, 5) is 14.3. The first kappa shape index (κ1) is 21.8. The molecule has 1 N–H and O–H groups in total. The minimum atomic E-state index is -0.453. The van der Waals surface area contributed by atoms with Gasteiger partial charge in [0, 0.05) is 38.7 Å². The molecule has 0 unspecified atom stereocenters. The molecule has 0 aromatic heterocycles. The van der Waals surface area contributed by atoms with Gasteiger partial charge in [-0.25, -0.2) is 4.39 Å². The van der Waals surface area contributed by atoms with Crippen LogP contribution in [0.3, 0.4) is 0 Å². The van der Waals surface area contributed by atoms with Crippen molar-refractivity contribution in [1.82, 2.24) is 10.2 Å². The molecule has 1 atom stereocenters. The number of para-hydroxylation sites is 1. The Morgan fingerprint density at radius 2 is 1.94 bits per heavy atom. The number of halogens is 1. The number of carbonyl (C=O) groups is 1. The Morgan fingerprint density at radius 1 is 1.19 bits per heavy atom. The van der Waals surface area contributed by atoms with Crippen LogP contribution in [0.2, 0.25) is 0 Å². The average molecular weight is 427 g/mol. The van der Waals surface area contributed by atoms with Crippen molar-refractivity contribution in [3.8, 4) is 5.75 Å². The predicted octanol–water partition coefficient (Wildman–Crippen LogP) is 4.01. The second-order valence-electron chi connectivity index (χ2n) is 8.60. The van der Waals surface area contributed by atoms with E-state index in [1.54, 1.807) is 19.1 Å². The Balaban J connectivity index is 1.41. The monoisotopic (exact) mass is 426 g/mol. The van der Waals surface area contributed by atoms with Crippen molar-refractivity contribution in [1.29, 1.82) is 0 Å². The third-order valence-corrected chi connectivity index (χ3v) is 6.34. The van der Waals surface area contributed by atoms with Gasteiger partial charge in [-0.05, 0) is 49.4 Å². The van der Waals surface area contributed by atoms with Gasteiger partial charge in [0.05, 0.1) is 11.6 Å². The molecule has 2 aromatic carbocycles. The number of hydrogen-bond donors (Lipinski definition) is 1. The second-order valence-corrected chi connectivity index (χ2v) is 8.60. The first-order valence-electron chi connectivity index (χ1n) is 11.1. The van der Waals surface area contributed by atoms with E-state index >= 15 is 0 Å². The number of amides is 1. The number of piperidine rings is 1. The van der Waals surface area contributed by atoms with Crippen molar-refractivity contribution >= 4 is 5.91 Å². The summed E-state index contributed by atoms with van der Waals surface area (Å²) in [6.07, 6.45) is 3.90. The molecule has 0 aliphatic carbocycles. The third kappa shape index (κ3) is 5.43. The van der Waals surface area contributed by atoms with Gasteiger partial charge in [0.25, 0.3) is 0 Å². The zero-order chi connectivity index (χ0) is 21.7. The van der Waals surface area contributed by atoms with Gasteiger partial charge in [-0.1, -0.05) is 30.3 Å². The van der Waals surface area contributed by atoms with E-state index in [1.807, 2.05) is 18.2 Å². The number of ether oxygens (including phenoxy) is 2. The highest BCUT2D eigenvalue weighted by Crippen LogP contribution is 2.34. The van der Waals surface area contributed by atoms with Crippen LogP contribution >= 0.6 is 0 Å². The molecule has 2 heterocycles. The Morgan fingerprint density at radius 3 is 2.61 bits per heavy atom. The second kappa shape index (κ2) is 9.79. The van der Waals surface area contributed by atoms with Crippen LogP contribution in [0.25, 0.3) is 0 Å². The lowest BCUT2D eigenvalue weighted by atomic mass is 9.80. The molecule has 0 saturated carbocycles. The highest BCUT2D eigenvalue weighted by atomic mass is 19.1. The quantitative estimate of drug-likeness (QED) is 0.727. The lowest BCUT2D eigenvalue weighted by Crippen LogP contribution is -2.52. The summed E-state index contributed by atoms with van der Waals surface area (Å²) in [5, 5.41) is 3.15. The largest absolute Gasteiger partial charge is 0.491 e. The summed E-state index contributed by atoms with van der Waals surface area (Å²) in [7, 11) is 0. The maximum Gasteiger partial charge on any atom is 0.217 e. The summed E-state index contributed by atoms with van der Waals surface area (Å²) >= 11 is 0. The van der Waals surface area contributed by atoms with Crippen LogP contribution in [0, 0.1) is 5.82 Å². The Labute approximate surface area is 183 Å². The molecule has 2 fully saturated rings. The van der Waals surface area contributed by atoms with Gasteiger partial charge in [0.1, 0.15) is 18.2 Å². The standard InChI is InChI=1S/C25H31FN2O3/c1-19(29)27-25(21-8-10-22(26)11-9-21)12-14-28(15-13-25)17-20-5-2-3-7-24(20)31-18-23-6-4-16-30-23/h2-3,5,7-11,23H,4,6,12-18H2,1H3,(H,27,29)/t23-/m0/s1. The molecule has 5 nitrogen and oxygen atoms in total. The van der Waals surface area contributed by atoms with E-state index in [0.29, 0.717) is 6.61 Å². The van der Waals surface area contributed by atoms with Gasteiger partial charge in [-0.15, -0.1) is 0 Å². The molecule has 0 bridgehead atoms. The van der Waals surface area contributed by atoms with E-state index in [0.717, 1.165) is 68.8 Å². The summed E-state index contributed by atoms with van der Waals surface area (Å²) in [6.45, 7) is 5.41. The van der Waals surface area contributed by atoms with Crippen molar-refractivity contribution in [3.05, 3.63) is 65.5 Å². The molecule has 2 aromatic rings. The van der Waals surface area contributed by atoms with Gasteiger partial charge in [-0.3, -0.25) is 9.69 Å². The first-order chi connectivity index (χ1) is 15.0. The lowest BCUT2D eigenvalue weighted by Gasteiger charge is -2.42. The topological polar surface area (TPSA) is 50.8 Å². The molecular weight excluding hydrogens is 395 g/mol. The van der Waals surface area contributed by atoms with Crippen LogP contribution in [0.4, 0.5) is 4.39 Å². The average Bonchev–Trinajstić information content (AvgIpc) is 3.28. The van der Waals surface area contributed by atoms with E-state index < -0.39 is 5.54 Å². The Kier molecular flexibility index (Phi) is 6.88. The summed E-state index contributed by atoms with van der Waals surface area (Å²) in [5.74, 6) is 0.583. The molecule has 1 amide bonds. The number of rotatable bonds is 7.